The van der Waals surface area contributed by atoms with Crippen LogP contribution in [0, 0.1) is 5.92 Å². The predicted molar refractivity (Wildman–Crippen MR) is 93.5 cm³/mol. The third-order valence-electron chi connectivity index (χ3n) is 4.99. The van der Waals surface area contributed by atoms with E-state index in [1.807, 2.05) is 12.1 Å². The molecule has 0 radical (unpaired) electrons. The summed E-state index contributed by atoms with van der Waals surface area (Å²) in [5, 5.41) is 0.774. The van der Waals surface area contributed by atoms with E-state index >= 15 is 0 Å². The molecular formula is C18H26ClN3O. The normalized spacial score (nSPS) is 23.9. The molecule has 0 N–H and O–H groups in total. The minimum Gasteiger partial charge on any atom is -0.340 e. The molecule has 1 amide bonds. The number of hydrogen-bond donors (Lipinski definition) is 0. The maximum Gasteiger partial charge on any atom is 0.227 e. The van der Waals surface area contributed by atoms with Gasteiger partial charge in [-0.05, 0) is 44.1 Å². The minimum atomic E-state index is 0.166. The third kappa shape index (κ3) is 4.46. The fraction of sp³-hybridized carbons (Fsp3) is 0.611. The van der Waals surface area contributed by atoms with E-state index in [0.717, 1.165) is 63.7 Å². The van der Waals surface area contributed by atoms with E-state index in [1.165, 1.54) is 5.56 Å². The van der Waals surface area contributed by atoms with E-state index in [2.05, 4.69) is 33.9 Å². The van der Waals surface area contributed by atoms with Gasteiger partial charge in [-0.2, -0.15) is 0 Å². The van der Waals surface area contributed by atoms with Crippen molar-refractivity contribution in [2.75, 3.05) is 46.3 Å². The highest BCUT2D eigenvalue weighted by Crippen LogP contribution is 2.22. The van der Waals surface area contributed by atoms with E-state index in [0.29, 0.717) is 5.91 Å². The number of likely N-dealkylation sites (tertiary alicyclic amines) is 1. The molecule has 2 saturated heterocycles. The average molecular weight is 336 g/mol. The highest BCUT2D eigenvalue weighted by Gasteiger charge is 2.30. The first kappa shape index (κ1) is 16.7. The Balaban J connectivity index is 1.55. The van der Waals surface area contributed by atoms with Gasteiger partial charge in [-0.1, -0.05) is 23.7 Å². The number of nitrogens with zero attached hydrogens (tertiary/aromatic N) is 3. The minimum absolute atomic E-state index is 0.166. The highest BCUT2D eigenvalue weighted by atomic mass is 35.5. The molecule has 23 heavy (non-hydrogen) atoms. The van der Waals surface area contributed by atoms with Gasteiger partial charge in [0.15, 0.2) is 0 Å². The van der Waals surface area contributed by atoms with Gasteiger partial charge in [0.2, 0.25) is 5.91 Å². The van der Waals surface area contributed by atoms with Crippen LogP contribution in [-0.4, -0.2) is 66.9 Å². The van der Waals surface area contributed by atoms with Crippen LogP contribution < -0.4 is 0 Å². The molecule has 4 nitrogen and oxygen atoms in total. The molecule has 0 aromatic heterocycles. The topological polar surface area (TPSA) is 26.8 Å². The monoisotopic (exact) mass is 335 g/mol. The Morgan fingerprint density at radius 1 is 1.13 bits per heavy atom. The van der Waals surface area contributed by atoms with Crippen LogP contribution >= 0.6 is 11.6 Å². The molecule has 0 saturated carbocycles. The van der Waals surface area contributed by atoms with Gasteiger partial charge in [0.1, 0.15) is 0 Å². The number of hydrogen-bond acceptors (Lipinski definition) is 3. The average Bonchev–Trinajstić information content (AvgIpc) is 2.57. The van der Waals surface area contributed by atoms with Crippen LogP contribution in [-0.2, 0) is 11.3 Å². The second-order valence-electron chi connectivity index (χ2n) is 6.83. The second-order valence-corrected chi connectivity index (χ2v) is 7.27. The zero-order chi connectivity index (χ0) is 16.2. The van der Waals surface area contributed by atoms with Gasteiger partial charge in [0.05, 0.1) is 5.92 Å². The molecule has 2 aliphatic rings. The molecule has 2 fully saturated rings. The van der Waals surface area contributed by atoms with Crippen molar-refractivity contribution in [1.29, 1.82) is 0 Å². The van der Waals surface area contributed by atoms with Gasteiger partial charge >= 0.3 is 0 Å². The zero-order valence-corrected chi connectivity index (χ0v) is 14.6. The van der Waals surface area contributed by atoms with Crippen molar-refractivity contribution in [2.24, 2.45) is 5.92 Å². The van der Waals surface area contributed by atoms with E-state index in [9.17, 15) is 4.79 Å². The van der Waals surface area contributed by atoms with Gasteiger partial charge < -0.3 is 9.80 Å². The van der Waals surface area contributed by atoms with Crippen LogP contribution in [0.1, 0.15) is 18.4 Å². The van der Waals surface area contributed by atoms with Crippen LogP contribution in [0.3, 0.4) is 0 Å². The summed E-state index contributed by atoms with van der Waals surface area (Å²) in [6.07, 6.45) is 2.14. The van der Waals surface area contributed by atoms with Crippen molar-refractivity contribution in [3.05, 3.63) is 34.9 Å². The Morgan fingerprint density at radius 2 is 1.83 bits per heavy atom. The van der Waals surface area contributed by atoms with Gasteiger partial charge in [-0.25, -0.2) is 0 Å². The number of piperazine rings is 1. The second kappa shape index (κ2) is 7.65. The molecule has 0 aliphatic carbocycles. The summed E-state index contributed by atoms with van der Waals surface area (Å²) >= 11 is 5.95. The van der Waals surface area contributed by atoms with E-state index < -0.39 is 0 Å². The summed E-state index contributed by atoms with van der Waals surface area (Å²) in [5.74, 6) is 0.526. The number of benzene rings is 1. The van der Waals surface area contributed by atoms with Crippen LogP contribution in [0.15, 0.2) is 24.3 Å². The summed E-state index contributed by atoms with van der Waals surface area (Å²) in [7, 11) is 2.12. The molecular weight excluding hydrogens is 310 g/mol. The van der Waals surface area contributed by atoms with Crippen molar-refractivity contribution in [2.45, 2.75) is 19.4 Å². The van der Waals surface area contributed by atoms with Gasteiger partial charge in [-0.15, -0.1) is 0 Å². The van der Waals surface area contributed by atoms with Gasteiger partial charge in [0, 0.05) is 44.3 Å². The van der Waals surface area contributed by atoms with Crippen molar-refractivity contribution in [3.63, 3.8) is 0 Å². The Labute approximate surface area is 144 Å². The van der Waals surface area contributed by atoms with Crippen LogP contribution in [0.5, 0.6) is 0 Å². The Bertz CT molecular complexity index is 526. The third-order valence-corrected chi connectivity index (χ3v) is 5.24. The lowest BCUT2D eigenvalue weighted by molar-refractivity contribution is -0.139. The SMILES string of the molecule is CN1CCN(C(=O)[C@@H]2CCCN(Cc3ccc(Cl)cc3)C2)CC1. The molecule has 126 valence electrons. The molecule has 0 bridgehead atoms. The number of likely N-dealkylation sites (N-methyl/N-ethyl adjacent to an activating group) is 1. The summed E-state index contributed by atoms with van der Waals surface area (Å²) in [4.78, 5) is 19.5. The fourth-order valence-corrected chi connectivity index (χ4v) is 3.66. The van der Waals surface area contributed by atoms with Crippen LogP contribution in [0.4, 0.5) is 0 Å². The van der Waals surface area contributed by atoms with Crippen molar-refractivity contribution in [3.8, 4) is 0 Å². The molecule has 3 rings (SSSR count). The quantitative estimate of drug-likeness (QED) is 0.848. The Morgan fingerprint density at radius 3 is 2.52 bits per heavy atom. The number of carbonyl (C=O) groups is 1. The molecule has 0 unspecified atom stereocenters. The van der Waals surface area contributed by atoms with E-state index in [1.54, 1.807) is 0 Å². The summed E-state index contributed by atoms with van der Waals surface area (Å²) in [6.45, 7) is 6.61. The maximum absolute atomic E-state index is 12.8. The zero-order valence-electron chi connectivity index (χ0n) is 13.9. The number of halogens is 1. The lowest BCUT2D eigenvalue weighted by Crippen LogP contribution is -2.51. The number of rotatable bonds is 3. The summed E-state index contributed by atoms with van der Waals surface area (Å²) in [6, 6.07) is 8.03. The first-order chi connectivity index (χ1) is 11.1. The van der Waals surface area contributed by atoms with Gasteiger partial charge in [0.25, 0.3) is 0 Å². The largest absolute Gasteiger partial charge is 0.340 e. The smallest absolute Gasteiger partial charge is 0.227 e. The fourth-order valence-electron chi connectivity index (χ4n) is 3.53. The van der Waals surface area contributed by atoms with Crippen molar-refractivity contribution >= 4 is 17.5 Å². The number of amides is 1. The predicted octanol–water partition coefficient (Wildman–Crippen LogP) is 2.33. The first-order valence-electron chi connectivity index (χ1n) is 8.56. The Kier molecular flexibility index (Phi) is 5.57. The molecule has 1 atom stereocenters. The van der Waals surface area contributed by atoms with Gasteiger partial charge in [-0.3, -0.25) is 9.69 Å². The number of carbonyl (C=O) groups excluding carboxylic acids is 1. The summed E-state index contributed by atoms with van der Waals surface area (Å²) in [5.41, 5.74) is 1.27. The van der Waals surface area contributed by atoms with Crippen molar-refractivity contribution < 1.29 is 4.79 Å². The molecule has 2 heterocycles. The molecule has 0 spiro atoms. The highest BCUT2D eigenvalue weighted by molar-refractivity contribution is 6.30. The van der Waals surface area contributed by atoms with E-state index in [-0.39, 0.29) is 5.92 Å². The molecule has 2 aliphatic heterocycles. The molecule has 5 heteroatoms. The first-order valence-corrected chi connectivity index (χ1v) is 8.94. The van der Waals surface area contributed by atoms with Crippen molar-refractivity contribution in [1.82, 2.24) is 14.7 Å². The maximum atomic E-state index is 12.8. The Hall–Kier alpha value is -1.10. The molecule has 1 aromatic carbocycles. The van der Waals surface area contributed by atoms with E-state index in [4.69, 9.17) is 11.6 Å². The summed E-state index contributed by atoms with van der Waals surface area (Å²) < 4.78 is 0. The number of piperidine rings is 1. The lowest BCUT2D eigenvalue weighted by Gasteiger charge is -2.38. The standard InChI is InChI=1S/C18H26ClN3O/c1-20-9-11-22(12-10-20)18(23)16-3-2-8-21(14-16)13-15-4-6-17(19)7-5-15/h4-7,16H,2-3,8-14H2,1H3/t16-/m1/s1. The van der Waals surface area contributed by atoms with Crippen LogP contribution in [0.2, 0.25) is 5.02 Å². The van der Waals surface area contributed by atoms with Crippen LogP contribution in [0.25, 0.3) is 0 Å². The molecule has 1 aromatic rings. The lowest BCUT2D eigenvalue weighted by atomic mass is 9.95.